The normalized spacial score (nSPS) is 12.4. The molecule has 1 aromatic heterocycles. The lowest BCUT2D eigenvalue weighted by Crippen LogP contribution is -2.34. The second-order valence-corrected chi connectivity index (χ2v) is 7.80. The molecule has 196 valence electrons. The van der Waals surface area contributed by atoms with E-state index in [9.17, 15) is 35.9 Å². The highest BCUT2D eigenvalue weighted by molar-refractivity contribution is 6.34. The summed E-state index contributed by atoms with van der Waals surface area (Å²) in [7, 11) is 0. The van der Waals surface area contributed by atoms with Gasteiger partial charge in [0.2, 0.25) is 12.0 Å². The second-order valence-electron chi connectivity index (χ2n) is 7.39. The van der Waals surface area contributed by atoms with Crippen LogP contribution in [0.25, 0.3) is 0 Å². The van der Waals surface area contributed by atoms with E-state index < -0.39 is 47.8 Å². The summed E-state index contributed by atoms with van der Waals surface area (Å²) in [5.74, 6) is -1.93. The summed E-state index contributed by atoms with van der Waals surface area (Å²) in [4.78, 5) is 28.1. The number of hydrogen-bond donors (Lipinski definition) is 2. The van der Waals surface area contributed by atoms with Crippen molar-refractivity contribution in [3.8, 4) is 11.6 Å². The van der Waals surface area contributed by atoms with Gasteiger partial charge in [0.05, 0.1) is 22.5 Å². The van der Waals surface area contributed by atoms with Gasteiger partial charge in [-0.2, -0.15) is 13.2 Å². The number of anilines is 1. The number of carbonyl (C=O) groups is 2. The van der Waals surface area contributed by atoms with E-state index in [1.165, 1.54) is 25.1 Å². The number of aromatic nitrogens is 1. The van der Waals surface area contributed by atoms with Crippen LogP contribution in [0, 0.1) is 6.92 Å². The number of nitrogens with zero attached hydrogens (tertiary/aromatic N) is 1. The third kappa shape index (κ3) is 7.74. The van der Waals surface area contributed by atoms with Crippen LogP contribution in [0.3, 0.4) is 0 Å². The largest absolute Gasteiger partial charge is 0.573 e. The van der Waals surface area contributed by atoms with Crippen LogP contribution in [-0.2, 0) is 0 Å². The van der Waals surface area contributed by atoms with Crippen molar-refractivity contribution in [3.05, 3.63) is 82.5 Å². The first-order valence-electron chi connectivity index (χ1n) is 10.2. The molecule has 0 fully saturated rings. The third-order valence-electron chi connectivity index (χ3n) is 4.58. The number of benzene rings is 2. The minimum Gasteiger partial charge on any atom is -0.460 e. The minimum atomic E-state index is -5.00. The molecule has 1 atom stereocenters. The Bertz CT molecular complexity index is 1280. The van der Waals surface area contributed by atoms with Crippen LogP contribution in [-0.4, -0.2) is 29.5 Å². The van der Waals surface area contributed by atoms with Crippen molar-refractivity contribution >= 4 is 29.2 Å². The van der Waals surface area contributed by atoms with Gasteiger partial charge in [-0.05, 0) is 37.3 Å². The van der Waals surface area contributed by atoms with Gasteiger partial charge < -0.3 is 14.8 Å². The first-order chi connectivity index (χ1) is 17.2. The molecule has 2 aromatic carbocycles. The van der Waals surface area contributed by atoms with E-state index in [-0.39, 0.29) is 21.8 Å². The molecule has 3 amide bonds. The summed E-state index contributed by atoms with van der Waals surface area (Å²) in [6, 6.07) is 9.30. The van der Waals surface area contributed by atoms with Gasteiger partial charge in [0.25, 0.3) is 5.91 Å². The number of urea groups is 1. The lowest BCUT2D eigenvalue weighted by atomic mass is 10.1. The average molecular weight is 548 g/mol. The van der Waals surface area contributed by atoms with E-state index in [0.717, 1.165) is 30.5 Å². The van der Waals surface area contributed by atoms with Crippen molar-refractivity contribution in [3.63, 3.8) is 0 Å². The summed E-state index contributed by atoms with van der Waals surface area (Å²) in [5, 5.41) is 4.48. The maximum Gasteiger partial charge on any atom is 0.573 e. The second kappa shape index (κ2) is 10.9. The zero-order chi connectivity index (χ0) is 27.4. The lowest BCUT2D eigenvalue weighted by Gasteiger charge is -2.23. The molecule has 14 heteroatoms. The number of aryl methyl sites for hydroxylation is 1. The number of hydrogen-bond acceptors (Lipinski definition) is 5. The van der Waals surface area contributed by atoms with Crippen LogP contribution in [0.1, 0.15) is 27.6 Å². The van der Waals surface area contributed by atoms with Crippen LogP contribution in [0.15, 0.2) is 60.8 Å². The Hall–Kier alpha value is -4.00. The molecule has 0 bridgehead atoms. The first kappa shape index (κ1) is 27.6. The Labute approximate surface area is 210 Å². The molecule has 3 rings (SSSR count). The number of nitrogens with one attached hydrogen (secondary N) is 2. The van der Waals surface area contributed by atoms with Gasteiger partial charge in [-0.3, -0.25) is 10.1 Å². The number of amides is 3. The van der Waals surface area contributed by atoms with E-state index in [1.807, 2.05) is 5.32 Å². The lowest BCUT2D eigenvalue weighted by molar-refractivity contribution is -0.274. The molecular weight excluding hydrogens is 532 g/mol. The predicted octanol–water partition coefficient (Wildman–Crippen LogP) is 6.59. The standard InChI is InChI=1S/C23H16ClF6N3O4/c1-12-10-14(32-21(35)33-19(34)16-4-2-3-5-17(16)24)11-31-20(12)36-18(22(25,26)27)13-6-8-15(9-7-13)37-23(28,29)30/h2-11,18H,1H3,(H2,32,33,34,35). The van der Waals surface area contributed by atoms with Gasteiger partial charge in [0.15, 0.2) is 0 Å². The Morgan fingerprint density at radius 3 is 2.22 bits per heavy atom. The number of rotatable bonds is 6. The summed E-state index contributed by atoms with van der Waals surface area (Å²) in [5.41, 5.74) is -0.329. The number of ether oxygens (including phenoxy) is 2. The van der Waals surface area contributed by atoms with Crippen molar-refractivity contribution < 1.29 is 45.4 Å². The third-order valence-corrected chi connectivity index (χ3v) is 4.91. The summed E-state index contributed by atoms with van der Waals surface area (Å²) in [6.45, 7) is 1.36. The zero-order valence-corrected chi connectivity index (χ0v) is 19.3. The molecule has 0 saturated heterocycles. The molecule has 0 spiro atoms. The molecule has 2 N–H and O–H groups in total. The highest BCUT2D eigenvalue weighted by Crippen LogP contribution is 2.38. The van der Waals surface area contributed by atoms with Crippen molar-refractivity contribution in [1.82, 2.24) is 10.3 Å². The number of alkyl halides is 6. The number of carbonyl (C=O) groups excluding carboxylic acids is 2. The SMILES string of the molecule is Cc1cc(NC(=O)NC(=O)c2ccccc2Cl)cnc1OC(c1ccc(OC(F)(F)F)cc1)C(F)(F)F. The van der Waals surface area contributed by atoms with Gasteiger partial charge >= 0.3 is 18.6 Å². The Balaban J connectivity index is 1.71. The van der Waals surface area contributed by atoms with E-state index in [2.05, 4.69) is 15.0 Å². The van der Waals surface area contributed by atoms with Gasteiger partial charge in [0, 0.05) is 11.1 Å². The van der Waals surface area contributed by atoms with Gasteiger partial charge in [0.1, 0.15) is 5.75 Å². The van der Waals surface area contributed by atoms with Crippen LogP contribution >= 0.6 is 11.6 Å². The quantitative estimate of drug-likeness (QED) is 0.340. The van der Waals surface area contributed by atoms with Crippen molar-refractivity contribution in [2.24, 2.45) is 0 Å². The molecule has 1 heterocycles. The molecule has 3 aromatic rings. The molecule has 1 unspecified atom stereocenters. The smallest absolute Gasteiger partial charge is 0.460 e. The molecule has 0 aliphatic heterocycles. The van der Waals surface area contributed by atoms with Crippen molar-refractivity contribution in [2.45, 2.75) is 25.6 Å². The van der Waals surface area contributed by atoms with E-state index in [1.54, 1.807) is 12.1 Å². The molecule has 7 nitrogen and oxygen atoms in total. The minimum absolute atomic E-state index is 0.0338. The Kier molecular flexibility index (Phi) is 8.16. The van der Waals surface area contributed by atoms with Crippen molar-refractivity contribution in [1.29, 1.82) is 0 Å². The van der Waals surface area contributed by atoms with Gasteiger partial charge in [-0.1, -0.05) is 35.9 Å². The molecule has 0 aliphatic carbocycles. The zero-order valence-electron chi connectivity index (χ0n) is 18.6. The first-order valence-corrected chi connectivity index (χ1v) is 10.5. The topological polar surface area (TPSA) is 89.6 Å². The van der Waals surface area contributed by atoms with Gasteiger partial charge in [-0.25, -0.2) is 9.78 Å². The van der Waals surface area contributed by atoms with E-state index in [4.69, 9.17) is 16.3 Å². The fourth-order valence-electron chi connectivity index (χ4n) is 3.01. The molecule has 0 aliphatic rings. The highest BCUT2D eigenvalue weighted by atomic mass is 35.5. The fourth-order valence-corrected chi connectivity index (χ4v) is 3.23. The average Bonchev–Trinajstić information content (AvgIpc) is 2.77. The van der Waals surface area contributed by atoms with Gasteiger partial charge in [-0.15, -0.1) is 13.2 Å². The molecule has 0 radical (unpaired) electrons. The highest BCUT2D eigenvalue weighted by Gasteiger charge is 2.43. The van der Waals surface area contributed by atoms with Crippen LogP contribution in [0.2, 0.25) is 5.02 Å². The van der Waals surface area contributed by atoms with Crippen LogP contribution in [0.4, 0.5) is 36.8 Å². The molecule has 0 saturated carbocycles. The number of halogens is 7. The molecular formula is C23H16ClF6N3O4. The summed E-state index contributed by atoms with van der Waals surface area (Å²) >= 11 is 5.90. The van der Waals surface area contributed by atoms with Crippen LogP contribution < -0.4 is 20.1 Å². The number of imide groups is 1. The fraction of sp³-hybridized carbons (Fsp3) is 0.174. The van der Waals surface area contributed by atoms with Crippen LogP contribution in [0.5, 0.6) is 11.6 Å². The summed E-state index contributed by atoms with van der Waals surface area (Å²) in [6.07, 6.45) is -11.5. The maximum absolute atomic E-state index is 13.7. The predicted molar refractivity (Wildman–Crippen MR) is 119 cm³/mol. The monoisotopic (exact) mass is 547 g/mol. The van der Waals surface area contributed by atoms with E-state index >= 15 is 0 Å². The number of pyridine rings is 1. The van der Waals surface area contributed by atoms with E-state index in [0.29, 0.717) is 0 Å². The summed E-state index contributed by atoms with van der Waals surface area (Å²) < 4.78 is 86.6. The van der Waals surface area contributed by atoms with Crippen molar-refractivity contribution in [2.75, 3.05) is 5.32 Å². The molecule has 37 heavy (non-hydrogen) atoms. The maximum atomic E-state index is 13.7. The Morgan fingerprint density at radius 2 is 1.65 bits per heavy atom. The Morgan fingerprint density at radius 1 is 1.00 bits per heavy atom.